The van der Waals surface area contributed by atoms with E-state index in [9.17, 15) is 0 Å². The third-order valence-corrected chi connectivity index (χ3v) is 0.556. The summed E-state index contributed by atoms with van der Waals surface area (Å²) in [7, 11) is 2.25. The first-order chi connectivity index (χ1) is 5.50. The van der Waals surface area contributed by atoms with Crippen LogP contribution in [0, 0.1) is 0 Å². The van der Waals surface area contributed by atoms with Gasteiger partial charge in [-0.1, -0.05) is 0 Å². The van der Waals surface area contributed by atoms with Crippen molar-refractivity contribution in [2.75, 3.05) is 21.3 Å². The first-order valence-corrected chi connectivity index (χ1v) is 2.89. The van der Waals surface area contributed by atoms with E-state index in [4.69, 9.17) is 15.3 Å². The second kappa shape index (κ2) is 43.5. The van der Waals surface area contributed by atoms with Crippen molar-refractivity contribution < 1.29 is 41.2 Å². The van der Waals surface area contributed by atoms with Gasteiger partial charge in [0, 0.05) is 0 Å². The van der Waals surface area contributed by atoms with E-state index in [1.807, 2.05) is 30.3 Å². The van der Waals surface area contributed by atoms with E-state index in [1.165, 1.54) is 0 Å². The van der Waals surface area contributed by atoms with Crippen molar-refractivity contribution in [2.24, 2.45) is 0 Å². The summed E-state index contributed by atoms with van der Waals surface area (Å²) in [5, 5.41) is 24.8. The molecule has 0 saturated carbocycles. The van der Waals surface area contributed by atoms with Gasteiger partial charge in [-0.05, 0) is 0 Å². The second-order valence-electron chi connectivity index (χ2n) is 0.962. The zero-order valence-electron chi connectivity index (χ0n) is 7.61. The van der Waals surface area contributed by atoms with Gasteiger partial charge in [0.25, 0.3) is 0 Å². The molecule has 0 N–H and O–H groups in total. The van der Waals surface area contributed by atoms with E-state index in [0.29, 0.717) is 0 Å². The summed E-state index contributed by atoms with van der Waals surface area (Å²) in [5.41, 5.74) is 0. The van der Waals surface area contributed by atoms with Crippen LogP contribution in [0.3, 0.4) is 0 Å². The van der Waals surface area contributed by atoms with E-state index in [0.717, 1.165) is 21.3 Å². The van der Waals surface area contributed by atoms with Gasteiger partial charge in [0.05, 0.1) is 0 Å². The Hall–Kier alpha value is 0.100. The molecule has 0 aromatic heterocycles. The molecule has 0 saturated heterocycles. The van der Waals surface area contributed by atoms with Crippen LogP contribution in [0.4, 0.5) is 0 Å². The Morgan fingerprint density at radius 2 is 1.00 bits per heavy atom. The molecule has 0 radical (unpaired) electrons. The van der Waals surface area contributed by atoms with Crippen LogP contribution in [0.2, 0.25) is 0 Å². The Morgan fingerprint density at radius 1 is 0.750 bits per heavy atom. The maximum atomic E-state index is 8.25. The first kappa shape index (κ1) is 22.7. The largest absolute Gasteiger partial charge is 4.00 e. The minimum atomic E-state index is 0. The molecule has 0 aliphatic heterocycles. The first-order valence-electron chi connectivity index (χ1n) is 2.89. The van der Waals surface area contributed by atoms with Gasteiger partial charge in [-0.15, -0.1) is 0 Å². The molecule has 4 heteroatoms. The zero-order chi connectivity index (χ0) is 9.54. The van der Waals surface area contributed by atoms with Crippen LogP contribution in [0.1, 0.15) is 0 Å². The molecular formula is C8H14HfO3. The molecule has 0 unspecified atom stereocenters. The summed E-state index contributed by atoms with van der Waals surface area (Å²) in [6.07, 6.45) is 0. The van der Waals surface area contributed by atoms with Gasteiger partial charge in [-0.25, -0.2) is 12.1 Å². The fourth-order valence-corrected chi connectivity index (χ4v) is 0.321. The van der Waals surface area contributed by atoms with E-state index in [1.54, 1.807) is 0 Å². The SMILES string of the molecule is C[O-].C[O-].C[O-].[Hf+4].c1cc[cH-]c1. The smallest absolute Gasteiger partial charge is 0.857 e. The average Bonchev–Trinajstić information content (AvgIpc) is 2.71. The summed E-state index contributed by atoms with van der Waals surface area (Å²) in [6, 6.07) is 10.0. The van der Waals surface area contributed by atoms with Crippen LogP contribution in [0.25, 0.3) is 0 Å². The van der Waals surface area contributed by atoms with Crippen LogP contribution >= 0.6 is 0 Å². The monoisotopic (exact) mass is 338 g/mol. The van der Waals surface area contributed by atoms with Gasteiger partial charge in [0.1, 0.15) is 0 Å². The van der Waals surface area contributed by atoms with Gasteiger partial charge in [-0.3, -0.25) is 0 Å². The molecule has 12 heavy (non-hydrogen) atoms. The summed E-state index contributed by atoms with van der Waals surface area (Å²) < 4.78 is 0. The van der Waals surface area contributed by atoms with Crippen molar-refractivity contribution in [3.8, 4) is 0 Å². The molecule has 1 aromatic rings. The molecular weight excluding hydrogens is 323 g/mol. The minimum absolute atomic E-state index is 0. The predicted octanol–water partition coefficient (Wildman–Crippen LogP) is -1.67. The van der Waals surface area contributed by atoms with Crippen LogP contribution in [0.15, 0.2) is 30.3 Å². The van der Waals surface area contributed by atoms with Crippen molar-refractivity contribution in [3.05, 3.63) is 30.3 Å². The van der Waals surface area contributed by atoms with Gasteiger partial charge in [0.15, 0.2) is 0 Å². The third kappa shape index (κ3) is 32.2. The summed E-state index contributed by atoms with van der Waals surface area (Å²) in [5.74, 6) is 0. The molecule has 1 rings (SSSR count). The topological polar surface area (TPSA) is 69.2 Å². The minimum Gasteiger partial charge on any atom is -0.857 e. The molecule has 0 atom stereocenters. The van der Waals surface area contributed by atoms with Crippen LogP contribution in [-0.2, 0) is 25.8 Å². The molecule has 3 nitrogen and oxygen atoms in total. The normalized spacial score (nSPS) is 4.83. The van der Waals surface area contributed by atoms with Crippen LogP contribution in [0.5, 0.6) is 0 Å². The molecule has 1 aromatic carbocycles. The van der Waals surface area contributed by atoms with Crippen molar-refractivity contribution in [2.45, 2.75) is 0 Å². The molecule has 68 valence electrons. The Balaban J connectivity index is -0.0000000406. The van der Waals surface area contributed by atoms with Gasteiger partial charge < -0.3 is 15.3 Å². The standard InChI is InChI=1S/C5H5.3CH3O.Hf/c1-2-4-5-3-1;3*1-2;/h1-5H;3*1H3;/q4*-1;+4. The maximum absolute atomic E-state index is 8.25. The summed E-state index contributed by atoms with van der Waals surface area (Å²) >= 11 is 0. The fraction of sp³-hybridized carbons (Fsp3) is 0.375. The number of hydrogen-bond acceptors (Lipinski definition) is 3. The third-order valence-electron chi connectivity index (χ3n) is 0.556. The van der Waals surface area contributed by atoms with Gasteiger partial charge in [0.2, 0.25) is 0 Å². The van der Waals surface area contributed by atoms with Gasteiger partial charge in [-0.2, -0.15) is 39.5 Å². The predicted molar refractivity (Wildman–Crippen MR) is 39.8 cm³/mol. The van der Waals surface area contributed by atoms with Crippen molar-refractivity contribution in [1.29, 1.82) is 0 Å². The van der Waals surface area contributed by atoms with Crippen molar-refractivity contribution in [1.82, 2.24) is 0 Å². The Kier molecular flexibility index (Phi) is 82.4. The molecule has 0 fully saturated rings. The van der Waals surface area contributed by atoms with Crippen LogP contribution in [-0.4, -0.2) is 21.3 Å². The Labute approximate surface area is 92.8 Å². The molecule has 0 spiro atoms. The van der Waals surface area contributed by atoms with Crippen molar-refractivity contribution in [3.63, 3.8) is 0 Å². The Morgan fingerprint density at radius 3 is 1.08 bits per heavy atom. The van der Waals surface area contributed by atoms with Crippen molar-refractivity contribution >= 4 is 0 Å². The summed E-state index contributed by atoms with van der Waals surface area (Å²) in [6.45, 7) is 0. The van der Waals surface area contributed by atoms with Gasteiger partial charge >= 0.3 is 25.8 Å². The average molecular weight is 337 g/mol. The second-order valence-corrected chi connectivity index (χ2v) is 0.962. The Bertz CT molecular complexity index is 70.8. The van der Waals surface area contributed by atoms with Crippen LogP contribution < -0.4 is 15.3 Å². The molecule has 0 heterocycles. The summed E-state index contributed by atoms with van der Waals surface area (Å²) in [4.78, 5) is 0. The quantitative estimate of drug-likeness (QED) is 0.420. The van der Waals surface area contributed by atoms with E-state index in [2.05, 4.69) is 0 Å². The van der Waals surface area contributed by atoms with E-state index in [-0.39, 0.29) is 25.8 Å². The molecule has 0 aliphatic rings. The molecule has 0 amide bonds. The maximum Gasteiger partial charge on any atom is 4.00 e. The number of hydrogen-bond donors (Lipinski definition) is 0. The number of rotatable bonds is 0. The molecule has 0 aliphatic carbocycles. The fourth-order valence-electron chi connectivity index (χ4n) is 0.321. The van der Waals surface area contributed by atoms with E-state index < -0.39 is 0 Å². The van der Waals surface area contributed by atoms with E-state index >= 15 is 0 Å². The zero-order valence-corrected chi connectivity index (χ0v) is 11.2. The molecule has 0 bridgehead atoms.